The molecule has 3 saturated heterocycles. The highest BCUT2D eigenvalue weighted by Crippen LogP contribution is 2.32. The van der Waals surface area contributed by atoms with Gasteiger partial charge in [0.2, 0.25) is 23.6 Å². The minimum Gasteiger partial charge on any atom is -0.444 e. The summed E-state index contributed by atoms with van der Waals surface area (Å²) in [6, 6.07) is 18.4. The standard InChI is InChI=1S/C63H84ClN13O10/c1-9-42-11-10-12-45(35-42)46-37-50(70-51(78)40-77(60(84)87-62(5,6)7)39-43-18-25-73(8)53(80)36-43)54(67-38-46)57(81)66-24-34-85-33-20-52(79)75-31-29-74(30-32-75)26-19-49(44-13-15-47(64)16-14-44)71-58(82)63(72-59(83)86-61(2,3)4)21-27-76(28-22-63)56-48-17-23-65-55(48)68-41-69-56/h10-17,23,35,37-38,41,43,49H,9,18-22,24-34,36,39-40H2,1-8H3,(H,66,81)(H,70,78)(H,71,82)(H,72,83)(H,65,68,69)/t43?,49-/m0/s1. The Morgan fingerprint density at radius 2 is 1.60 bits per heavy atom. The topological polar surface area (TPSA) is 266 Å². The number of hydrogen-bond acceptors (Lipinski definition) is 15. The van der Waals surface area contributed by atoms with Gasteiger partial charge in [-0.05, 0) is 121 Å². The van der Waals surface area contributed by atoms with Crippen molar-refractivity contribution in [3.63, 3.8) is 0 Å². The number of anilines is 2. The lowest BCUT2D eigenvalue weighted by molar-refractivity contribution is -0.134. The normalized spacial score (nSPS) is 16.9. The summed E-state index contributed by atoms with van der Waals surface area (Å²) in [5, 5.41) is 13.4. The predicted molar refractivity (Wildman–Crippen MR) is 331 cm³/mol. The molecular formula is C63H84ClN13O10. The fourth-order valence-corrected chi connectivity index (χ4v) is 11.1. The Labute approximate surface area is 514 Å². The molecular weight excluding hydrogens is 1130 g/mol. The Kier molecular flexibility index (Phi) is 21.8. The first kappa shape index (κ1) is 65.1. The van der Waals surface area contributed by atoms with Crippen LogP contribution in [0.3, 0.4) is 0 Å². The molecule has 5 N–H and O–H groups in total. The fourth-order valence-electron chi connectivity index (χ4n) is 10.9. The molecule has 87 heavy (non-hydrogen) atoms. The van der Waals surface area contributed by atoms with E-state index in [0.717, 1.165) is 34.3 Å². The number of H-pyrrole nitrogens is 1. The first-order chi connectivity index (χ1) is 41.4. The van der Waals surface area contributed by atoms with Crippen LogP contribution in [0, 0.1) is 5.92 Å². The van der Waals surface area contributed by atoms with E-state index in [4.69, 9.17) is 25.8 Å². The molecule has 1 unspecified atom stereocenters. The number of halogens is 1. The van der Waals surface area contributed by atoms with Crippen molar-refractivity contribution in [3.8, 4) is 11.1 Å². The van der Waals surface area contributed by atoms with Gasteiger partial charge in [0.25, 0.3) is 5.91 Å². The molecule has 0 bridgehead atoms. The molecule has 3 fully saturated rings. The summed E-state index contributed by atoms with van der Waals surface area (Å²) in [7, 11) is 1.74. The van der Waals surface area contributed by atoms with E-state index in [1.165, 1.54) is 11.2 Å². The molecule has 5 aromatic rings. The van der Waals surface area contributed by atoms with E-state index >= 15 is 0 Å². The number of piperidine rings is 2. The quantitative estimate of drug-likeness (QED) is 0.0424. The molecule has 0 aliphatic carbocycles. The Morgan fingerprint density at radius 3 is 2.30 bits per heavy atom. The summed E-state index contributed by atoms with van der Waals surface area (Å²) >= 11 is 6.33. The highest BCUT2D eigenvalue weighted by atomic mass is 35.5. The number of rotatable bonds is 22. The summed E-state index contributed by atoms with van der Waals surface area (Å²) in [5.41, 5.74) is 1.34. The molecule has 0 saturated carbocycles. The van der Waals surface area contributed by atoms with Gasteiger partial charge in [-0.1, -0.05) is 54.9 Å². The van der Waals surface area contributed by atoms with Crippen molar-refractivity contribution in [1.29, 1.82) is 0 Å². The first-order valence-corrected chi connectivity index (χ1v) is 30.4. The molecule has 0 spiro atoms. The van der Waals surface area contributed by atoms with Crippen molar-refractivity contribution in [3.05, 3.63) is 101 Å². The van der Waals surface area contributed by atoms with Gasteiger partial charge in [-0.25, -0.2) is 24.5 Å². The van der Waals surface area contributed by atoms with Gasteiger partial charge < -0.3 is 55.2 Å². The van der Waals surface area contributed by atoms with E-state index in [1.54, 1.807) is 77.9 Å². The second kappa shape index (κ2) is 29.2. The molecule has 7 amide bonds. The number of aromatic nitrogens is 4. The predicted octanol–water partition coefficient (Wildman–Crippen LogP) is 7.37. The second-order valence-corrected chi connectivity index (χ2v) is 25.0. The van der Waals surface area contributed by atoms with Crippen molar-refractivity contribution in [1.82, 2.24) is 55.5 Å². The highest BCUT2D eigenvalue weighted by molar-refractivity contribution is 6.30. The van der Waals surface area contributed by atoms with Crippen LogP contribution in [0.2, 0.25) is 5.02 Å². The maximum Gasteiger partial charge on any atom is 0.410 e. The summed E-state index contributed by atoms with van der Waals surface area (Å²) in [4.78, 5) is 121. The minimum atomic E-state index is -1.29. The van der Waals surface area contributed by atoms with E-state index < -0.39 is 53.3 Å². The molecule has 23 nitrogen and oxygen atoms in total. The summed E-state index contributed by atoms with van der Waals surface area (Å²) in [6.45, 7) is 16.9. The average molecular weight is 1220 g/mol. The number of nitrogens with zero attached hydrogens (tertiary/aromatic N) is 8. The van der Waals surface area contributed by atoms with Gasteiger partial charge in [-0.3, -0.25) is 33.8 Å². The molecule has 3 aliphatic heterocycles. The monoisotopic (exact) mass is 1220 g/mol. The summed E-state index contributed by atoms with van der Waals surface area (Å²) < 4.78 is 17.2. The number of pyridine rings is 1. The van der Waals surface area contributed by atoms with Crippen LogP contribution < -0.4 is 26.2 Å². The first-order valence-electron chi connectivity index (χ1n) is 30.0. The minimum absolute atomic E-state index is 0.0364. The number of hydrogen-bond donors (Lipinski definition) is 5. The van der Waals surface area contributed by atoms with Gasteiger partial charge in [0.1, 0.15) is 41.1 Å². The van der Waals surface area contributed by atoms with Gasteiger partial charge >= 0.3 is 12.2 Å². The lowest BCUT2D eigenvalue weighted by Crippen LogP contribution is -2.64. The van der Waals surface area contributed by atoms with E-state index in [-0.39, 0.29) is 87.0 Å². The molecule has 2 atom stereocenters. The average Bonchev–Trinajstić information content (AvgIpc) is 1.96. The van der Waals surface area contributed by atoms with Crippen LogP contribution in [0.15, 0.2) is 79.4 Å². The molecule has 6 heterocycles. The highest BCUT2D eigenvalue weighted by Gasteiger charge is 2.45. The number of benzene rings is 2. The number of carbonyl (C=O) groups excluding carboxylic acids is 7. The fraction of sp³-hybridized carbons (Fsp3) is 0.524. The smallest absolute Gasteiger partial charge is 0.410 e. The number of amides is 7. The van der Waals surface area contributed by atoms with E-state index in [0.29, 0.717) is 81.4 Å². The van der Waals surface area contributed by atoms with Crippen LogP contribution in [0.1, 0.15) is 115 Å². The van der Waals surface area contributed by atoms with Crippen LogP contribution in [0.4, 0.5) is 21.1 Å². The number of carbonyl (C=O) groups is 7. The molecule has 24 heteroatoms. The molecule has 0 radical (unpaired) electrons. The number of aromatic amines is 1. The van der Waals surface area contributed by atoms with Crippen molar-refractivity contribution in [2.24, 2.45) is 5.92 Å². The third-order valence-corrected chi connectivity index (χ3v) is 16.0. The maximum atomic E-state index is 14.7. The number of likely N-dealkylation sites (tertiary alicyclic amines) is 1. The van der Waals surface area contributed by atoms with Crippen molar-refractivity contribution in [2.45, 2.75) is 116 Å². The molecule has 8 rings (SSSR count). The Balaban J connectivity index is 0.824. The zero-order chi connectivity index (χ0) is 62.5. The van der Waals surface area contributed by atoms with E-state index in [2.05, 4.69) is 51.0 Å². The lowest BCUT2D eigenvalue weighted by atomic mass is 9.85. The zero-order valence-electron chi connectivity index (χ0n) is 51.3. The van der Waals surface area contributed by atoms with E-state index in [1.807, 2.05) is 60.5 Å². The maximum absolute atomic E-state index is 14.7. The van der Waals surface area contributed by atoms with Crippen molar-refractivity contribution in [2.75, 3.05) is 102 Å². The van der Waals surface area contributed by atoms with Crippen molar-refractivity contribution < 1.29 is 47.8 Å². The summed E-state index contributed by atoms with van der Waals surface area (Å²) in [5.74, 6) is -0.996. The zero-order valence-corrected chi connectivity index (χ0v) is 52.1. The van der Waals surface area contributed by atoms with E-state index in [9.17, 15) is 33.6 Å². The van der Waals surface area contributed by atoms with Crippen molar-refractivity contribution >= 4 is 75.9 Å². The Hall–Kier alpha value is -7.89. The molecule has 468 valence electrons. The Morgan fingerprint density at radius 1 is 0.862 bits per heavy atom. The van der Waals surface area contributed by atoms with Gasteiger partial charge in [0.15, 0.2) is 5.69 Å². The van der Waals surface area contributed by atoms with Crippen LogP contribution >= 0.6 is 11.6 Å². The molecule has 3 aromatic heterocycles. The number of nitrogens with one attached hydrogen (secondary N) is 5. The van der Waals surface area contributed by atoms with Gasteiger partial charge in [-0.2, -0.15) is 0 Å². The van der Waals surface area contributed by atoms with Gasteiger partial charge in [-0.15, -0.1) is 0 Å². The number of fused-ring (bicyclic) bond motifs is 1. The third-order valence-electron chi connectivity index (χ3n) is 15.7. The largest absolute Gasteiger partial charge is 0.444 e. The van der Waals surface area contributed by atoms with Crippen LogP contribution in [-0.4, -0.2) is 190 Å². The lowest BCUT2D eigenvalue weighted by Gasteiger charge is -2.42. The number of piperazine rings is 1. The SMILES string of the molecule is CCc1cccc(-c2cnc(C(=O)NCCOCCC(=O)N3CCN(CC[C@H](NC(=O)C4(NC(=O)OC(C)(C)C)CCN(c5ncnc6[nH]ccc56)CC4)c4ccc(Cl)cc4)CC3)c(NC(=O)CN(CC3CCN(C)C(=O)C3)C(=O)OC(C)(C)C)c2)c1. The van der Waals surface area contributed by atoms with Crippen LogP contribution in [0.25, 0.3) is 22.2 Å². The summed E-state index contributed by atoms with van der Waals surface area (Å²) in [6.07, 6.45) is 6.46. The Bertz CT molecular complexity index is 3220. The van der Waals surface area contributed by atoms with Gasteiger partial charge in [0.05, 0.1) is 36.8 Å². The number of ether oxygens (including phenoxy) is 3. The third kappa shape index (κ3) is 18.3. The van der Waals surface area contributed by atoms with Crippen LogP contribution in [-0.2, 0) is 39.8 Å². The van der Waals surface area contributed by atoms with Crippen LogP contribution in [0.5, 0.6) is 0 Å². The second-order valence-electron chi connectivity index (χ2n) is 24.6. The van der Waals surface area contributed by atoms with Gasteiger partial charge in [0, 0.05) is 102 Å². The molecule has 2 aromatic carbocycles. The number of aryl methyl sites for hydroxylation is 1. The molecule has 3 aliphatic rings. The number of alkyl carbamates (subject to hydrolysis) is 1.